The molecule has 10 heteroatoms. The van der Waals surface area contributed by atoms with Crippen LogP contribution in [0.5, 0.6) is 11.5 Å². The summed E-state index contributed by atoms with van der Waals surface area (Å²) in [5.74, 6) is 0.476. The molecule has 2 amide bonds. The fourth-order valence-corrected chi connectivity index (χ4v) is 7.79. The third kappa shape index (κ3) is 7.42. The largest absolute Gasteiger partial charge is 0.508 e. The predicted molar refractivity (Wildman–Crippen MR) is 208 cm³/mol. The number of carbonyl (C=O) groups excluding carboxylic acids is 2. The van der Waals surface area contributed by atoms with Crippen LogP contribution in [0.15, 0.2) is 91.1 Å². The number of methoxy groups -OCH3 is 1. The summed E-state index contributed by atoms with van der Waals surface area (Å²) in [6.07, 6.45) is 2.66. The first-order chi connectivity index (χ1) is 25.6. The second-order valence-electron chi connectivity index (χ2n) is 13.9. The molecule has 53 heavy (non-hydrogen) atoms. The zero-order valence-electron chi connectivity index (χ0n) is 30.6. The number of ether oxygens (including phenoxy) is 2. The van der Waals surface area contributed by atoms with Crippen LogP contribution in [0.2, 0.25) is 5.02 Å². The Hall–Kier alpha value is -5.09. The topological polar surface area (TPSA) is 87.5 Å². The minimum absolute atomic E-state index is 0.0475. The van der Waals surface area contributed by atoms with E-state index in [4.69, 9.17) is 21.1 Å². The van der Waals surface area contributed by atoms with Gasteiger partial charge in [0.15, 0.2) is 0 Å². The van der Waals surface area contributed by atoms with Crippen molar-refractivity contribution in [3.63, 3.8) is 0 Å². The summed E-state index contributed by atoms with van der Waals surface area (Å²) in [7, 11) is 3.53. The second kappa shape index (κ2) is 15.5. The van der Waals surface area contributed by atoms with E-state index in [0.29, 0.717) is 52.7 Å². The van der Waals surface area contributed by atoms with Crippen molar-refractivity contribution in [3.05, 3.63) is 135 Å². The maximum absolute atomic E-state index is 15.1. The van der Waals surface area contributed by atoms with Crippen molar-refractivity contribution >= 4 is 29.1 Å². The number of carbonyl (C=O) groups is 2. The molecule has 5 aromatic rings. The van der Waals surface area contributed by atoms with Crippen molar-refractivity contribution in [1.29, 1.82) is 0 Å². The maximum Gasteiger partial charge on any atom is 0.261 e. The van der Waals surface area contributed by atoms with E-state index < -0.39 is 0 Å². The summed E-state index contributed by atoms with van der Waals surface area (Å²) in [4.78, 5) is 36.1. The van der Waals surface area contributed by atoms with E-state index in [-0.39, 0.29) is 30.2 Å². The van der Waals surface area contributed by atoms with Gasteiger partial charge in [0.2, 0.25) is 0 Å². The molecule has 1 atom stereocenters. The third-order valence-electron chi connectivity index (χ3n) is 10.7. The molecule has 4 aromatic carbocycles. The lowest BCUT2D eigenvalue weighted by Crippen LogP contribution is -2.52. The number of hydrogen-bond donors (Lipinski definition) is 1. The fraction of sp³-hybridized carbons (Fsp3) is 0.302. The molecule has 9 nitrogen and oxygen atoms in total. The molecule has 0 spiro atoms. The van der Waals surface area contributed by atoms with Crippen molar-refractivity contribution in [2.24, 2.45) is 7.05 Å². The van der Waals surface area contributed by atoms with Gasteiger partial charge in [-0.15, -0.1) is 0 Å². The summed E-state index contributed by atoms with van der Waals surface area (Å²) < 4.78 is 13.1. The van der Waals surface area contributed by atoms with E-state index in [1.54, 1.807) is 54.5 Å². The Balaban J connectivity index is 1.31. The van der Waals surface area contributed by atoms with E-state index in [9.17, 15) is 9.90 Å². The Bertz CT molecular complexity index is 2140. The molecule has 1 fully saturated rings. The molecule has 274 valence electrons. The first-order valence-electron chi connectivity index (χ1n) is 18.0. The Morgan fingerprint density at radius 1 is 0.943 bits per heavy atom. The van der Waals surface area contributed by atoms with Crippen molar-refractivity contribution in [3.8, 4) is 22.6 Å². The van der Waals surface area contributed by atoms with Gasteiger partial charge >= 0.3 is 0 Å². The van der Waals surface area contributed by atoms with Crippen LogP contribution in [-0.4, -0.2) is 77.3 Å². The van der Waals surface area contributed by atoms with Gasteiger partial charge in [-0.2, -0.15) is 0 Å². The molecule has 1 aromatic heterocycles. The molecule has 0 unspecified atom stereocenters. The van der Waals surface area contributed by atoms with Crippen molar-refractivity contribution in [2.75, 3.05) is 44.9 Å². The number of aryl methyl sites for hydroxylation is 1. The number of halogens is 1. The van der Waals surface area contributed by atoms with Crippen molar-refractivity contribution in [1.82, 2.24) is 14.4 Å². The lowest BCUT2D eigenvalue weighted by molar-refractivity contribution is 0.0193. The summed E-state index contributed by atoms with van der Waals surface area (Å²) >= 11 is 6.71. The minimum atomic E-state index is -0.249. The van der Waals surface area contributed by atoms with Crippen LogP contribution >= 0.6 is 11.6 Å². The molecule has 3 heterocycles. The van der Waals surface area contributed by atoms with Crippen molar-refractivity contribution in [2.45, 2.75) is 39.4 Å². The summed E-state index contributed by atoms with van der Waals surface area (Å²) in [6.45, 7) is 8.38. The Morgan fingerprint density at radius 3 is 2.42 bits per heavy atom. The van der Waals surface area contributed by atoms with Gasteiger partial charge in [-0.25, -0.2) is 0 Å². The minimum Gasteiger partial charge on any atom is -0.508 e. The second-order valence-corrected chi connectivity index (χ2v) is 14.4. The third-order valence-corrected chi connectivity index (χ3v) is 11.0. The van der Waals surface area contributed by atoms with E-state index in [2.05, 4.69) is 23.1 Å². The number of phenols is 1. The Morgan fingerprint density at radius 2 is 1.68 bits per heavy atom. The summed E-state index contributed by atoms with van der Waals surface area (Å²) in [5.41, 5.74) is 7.76. The molecule has 1 N–H and O–H groups in total. The highest BCUT2D eigenvalue weighted by molar-refractivity contribution is 6.31. The number of morpholine rings is 1. The summed E-state index contributed by atoms with van der Waals surface area (Å²) in [5, 5.41) is 10.6. The highest BCUT2D eigenvalue weighted by Gasteiger charge is 2.35. The van der Waals surface area contributed by atoms with Crippen LogP contribution in [-0.2, 0) is 31.3 Å². The number of nitrogens with zero attached hydrogens (tertiary/aromatic N) is 4. The molecule has 0 aliphatic carbocycles. The molecule has 0 saturated carbocycles. The number of amides is 2. The van der Waals surface area contributed by atoms with Gasteiger partial charge < -0.3 is 28.9 Å². The van der Waals surface area contributed by atoms with Gasteiger partial charge in [0.05, 0.1) is 32.4 Å². The van der Waals surface area contributed by atoms with Crippen LogP contribution in [0.3, 0.4) is 0 Å². The molecule has 0 bridgehead atoms. The van der Waals surface area contributed by atoms with Gasteiger partial charge in [-0.1, -0.05) is 48.0 Å². The number of fused-ring (bicyclic) bond motifs is 1. The SMILES string of the molecule is COc1cccc(CN(C(=O)c2c(-c3cc(Cl)ccc3C(=O)N3Cc4ccccc4C[C@H]3CN3CCOCC3)cn(C)c2C)c2ccc(O)cc2)c1C. The van der Waals surface area contributed by atoms with Gasteiger partial charge in [-0.05, 0) is 96.6 Å². The number of phenolic OH excluding ortho intramolecular Hbond substituents is 1. The molecular weight excluding hydrogens is 688 g/mol. The lowest BCUT2D eigenvalue weighted by atomic mass is 9.91. The average Bonchev–Trinajstić information content (AvgIpc) is 3.47. The standard InChI is InChI=1S/C43H45ClN4O5/c1-28-31(10-7-11-40(28)52-4)24-47(34-13-15-36(49)16-14-34)43(51)41-29(2)45(3)27-39(41)38-23-33(44)12-17-37(38)42(50)48-25-32-9-6-5-8-30(32)22-35(48)26-46-18-20-53-21-19-46/h5-17,23,27,35,49H,18-22,24-26H2,1-4H3/t35-/m0/s1. The van der Waals surface area contributed by atoms with Crippen LogP contribution in [0.4, 0.5) is 5.69 Å². The quantitative estimate of drug-likeness (QED) is 0.170. The molecule has 2 aliphatic rings. The van der Waals surface area contributed by atoms with Crippen LogP contribution in [0, 0.1) is 13.8 Å². The zero-order valence-corrected chi connectivity index (χ0v) is 31.4. The van der Waals surface area contributed by atoms with E-state index >= 15 is 4.79 Å². The lowest BCUT2D eigenvalue weighted by Gasteiger charge is -2.40. The molecule has 7 rings (SSSR count). The number of benzene rings is 4. The fourth-order valence-electron chi connectivity index (χ4n) is 7.62. The molecule has 1 saturated heterocycles. The first-order valence-corrected chi connectivity index (χ1v) is 18.4. The van der Waals surface area contributed by atoms with Gasteiger partial charge in [0, 0.05) is 73.0 Å². The highest BCUT2D eigenvalue weighted by Crippen LogP contribution is 2.37. The zero-order chi connectivity index (χ0) is 37.2. The highest BCUT2D eigenvalue weighted by atomic mass is 35.5. The van der Waals surface area contributed by atoms with Gasteiger partial charge in [0.1, 0.15) is 11.5 Å². The average molecular weight is 733 g/mol. The van der Waals surface area contributed by atoms with Gasteiger partial charge in [0.25, 0.3) is 11.8 Å². The number of aromatic hydroxyl groups is 1. The van der Waals surface area contributed by atoms with Crippen molar-refractivity contribution < 1.29 is 24.2 Å². The van der Waals surface area contributed by atoms with Crippen LogP contribution in [0.1, 0.15) is 48.7 Å². The predicted octanol–water partition coefficient (Wildman–Crippen LogP) is 7.42. The first kappa shape index (κ1) is 36.3. The monoisotopic (exact) mass is 732 g/mol. The smallest absolute Gasteiger partial charge is 0.261 e. The van der Waals surface area contributed by atoms with Gasteiger partial charge in [-0.3, -0.25) is 14.5 Å². The molecule has 2 aliphatic heterocycles. The summed E-state index contributed by atoms with van der Waals surface area (Å²) in [6, 6.07) is 26.0. The molecular formula is C43H45ClN4O5. The number of rotatable bonds is 9. The van der Waals surface area contributed by atoms with Crippen LogP contribution < -0.4 is 9.64 Å². The normalized spacial score (nSPS) is 15.9. The molecule has 0 radical (unpaired) electrons. The Labute approximate surface area is 315 Å². The van der Waals surface area contributed by atoms with E-state index in [1.165, 1.54) is 5.56 Å². The number of aromatic nitrogens is 1. The Kier molecular flexibility index (Phi) is 10.6. The van der Waals surface area contributed by atoms with E-state index in [1.807, 2.05) is 60.8 Å². The number of hydrogen-bond acceptors (Lipinski definition) is 6. The maximum atomic E-state index is 15.1. The number of anilines is 1. The van der Waals surface area contributed by atoms with Crippen LogP contribution in [0.25, 0.3) is 11.1 Å². The van der Waals surface area contributed by atoms with E-state index in [0.717, 1.165) is 54.2 Å².